The summed E-state index contributed by atoms with van der Waals surface area (Å²) >= 11 is 12.1. The third kappa shape index (κ3) is 1.98. The maximum Gasteiger partial charge on any atom is 0.0595 e. The molecule has 4 heteroatoms. The Morgan fingerprint density at radius 3 is 2.59 bits per heavy atom. The maximum atomic E-state index is 6.10. The Bertz CT molecular complexity index is 435. The van der Waals surface area contributed by atoms with Crippen LogP contribution in [0.4, 0.5) is 0 Å². The first-order valence-corrected chi connectivity index (χ1v) is 6.56. The van der Waals surface area contributed by atoms with Gasteiger partial charge in [-0.25, -0.2) is 0 Å². The van der Waals surface area contributed by atoms with Crippen molar-refractivity contribution in [2.45, 2.75) is 30.7 Å². The molecule has 3 rings (SSSR count). The van der Waals surface area contributed by atoms with Crippen LogP contribution in [0.3, 0.4) is 0 Å². The fourth-order valence-electron chi connectivity index (χ4n) is 3.39. The quantitative estimate of drug-likeness (QED) is 0.867. The molecule has 0 saturated heterocycles. The van der Waals surface area contributed by atoms with Crippen molar-refractivity contribution < 1.29 is 0 Å². The molecule has 0 spiro atoms. The van der Waals surface area contributed by atoms with Crippen molar-refractivity contribution in [1.29, 1.82) is 0 Å². The molecule has 1 aromatic rings. The van der Waals surface area contributed by atoms with Gasteiger partial charge in [-0.3, -0.25) is 0 Å². The van der Waals surface area contributed by atoms with Gasteiger partial charge in [0.2, 0.25) is 0 Å². The minimum Gasteiger partial charge on any atom is -0.317 e. The molecular formula is C13H16Cl3N. The van der Waals surface area contributed by atoms with E-state index >= 15 is 0 Å². The number of hydrogen-bond acceptors (Lipinski definition) is 1. The van der Waals surface area contributed by atoms with Crippen molar-refractivity contribution >= 4 is 35.6 Å². The summed E-state index contributed by atoms with van der Waals surface area (Å²) in [6.07, 6.45) is 3.86. The molecule has 2 aliphatic rings. The molecular weight excluding hydrogens is 277 g/mol. The molecule has 17 heavy (non-hydrogen) atoms. The van der Waals surface area contributed by atoms with E-state index in [1.165, 1.54) is 24.8 Å². The monoisotopic (exact) mass is 291 g/mol. The Kier molecular flexibility index (Phi) is 3.66. The fraction of sp³-hybridized carbons (Fsp3) is 0.538. The topological polar surface area (TPSA) is 12.0 Å². The highest BCUT2D eigenvalue weighted by Crippen LogP contribution is 2.64. The summed E-state index contributed by atoms with van der Waals surface area (Å²) in [5.74, 6) is 0.801. The zero-order chi connectivity index (χ0) is 11.3. The van der Waals surface area contributed by atoms with Gasteiger partial charge in [0.1, 0.15) is 0 Å². The molecule has 1 nitrogen and oxygen atoms in total. The van der Waals surface area contributed by atoms with Crippen LogP contribution in [0.2, 0.25) is 10.0 Å². The van der Waals surface area contributed by atoms with E-state index in [1.54, 1.807) is 0 Å². The predicted octanol–water partition coefficient (Wildman–Crippen LogP) is 4.05. The van der Waals surface area contributed by atoms with Crippen molar-refractivity contribution in [3.8, 4) is 0 Å². The molecule has 3 unspecified atom stereocenters. The minimum atomic E-state index is 0. The lowest BCUT2D eigenvalue weighted by Gasteiger charge is -2.12. The summed E-state index contributed by atoms with van der Waals surface area (Å²) in [6.45, 7) is 0. The third-order valence-electron chi connectivity index (χ3n) is 4.39. The zero-order valence-corrected chi connectivity index (χ0v) is 12.0. The lowest BCUT2D eigenvalue weighted by atomic mass is 9.93. The van der Waals surface area contributed by atoms with Gasteiger partial charge in [0.15, 0.2) is 0 Å². The van der Waals surface area contributed by atoms with Crippen molar-refractivity contribution in [1.82, 2.24) is 5.32 Å². The predicted molar refractivity (Wildman–Crippen MR) is 75.6 cm³/mol. The highest BCUT2D eigenvalue weighted by Gasteiger charge is 2.61. The van der Waals surface area contributed by atoms with Gasteiger partial charge in [0.05, 0.1) is 10.0 Å². The first kappa shape index (κ1) is 13.5. The third-order valence-corrected chi connectivity index (χ3v) is 5.13. The number of hydrogen-bond donors (Lipinski definition) is 1. The van der Waals surface area contributed by atoms with E-state index in [4.69, 9.17) is 23.2 Å². The standard InChI is InChI=1S/C13H15Cl2N.ClH/c1-16-12-4-5-13(7-9(12)13)8-2-3-10(14)11(15)6-8;/h2-3,6,9,12,16H,4-5,7H2,1H3;1H. The van der Waals surface area contributed by atoms with Gasteiger partial charge >= 0.3 is 0 Å². The van der Waals surface area contributed by atoms with E-state index in [2.05, 4.69) is 24.5 Å². The first-order chi connectivity index (χ1) is 7.67. The summed E-state index contributed by atoms with van der Waals surface area (Å²) in [4.78, 5) is 0. The zero-order valence-electron chi connectivity index (χ0n) is 9.67. The average Bonchev–Trinajstić information content (AvgIpc) is 2.91. The highest BCUT2D eigenvalue weighted by molar-refractivity contribution is 6.42. The molecule has 0 aliphatic heterocycles. The highest BCUT2D eigenvalue weighted by atomic mass is 35.5. The second-order valence-corrected chi connectivity index (χ2v) is 5.84. The molecule has 1 aromatic carbocycles. The summed E-state index contributed by atoms with van der Waals surface area (Å²) in [7, 11) is 2.06. The summed E-state index contributed by atoms with van der Waals surface area (Å²) in [6, 6.07) is 6.82. The number of benzene rings is 1. The van der Waals surface area contributed by atoms with E-state index < -0.39 is 0 Å². The van der Waals surface area contributed by atoms with Crippen LogP contribution in [0.25, 0.3) is 0 Å². The number of nitrogens with one attached hydrogen (secondary N) is 1. The number of fused-ring (bicyclic) bond motifs is 1. The molecule has 0 heterocycles. The smallest absolute Gasteiger partial charge is 0.0595 e. The van der Waals surface area contributed by atoms with Gasteiger partial charge < -0.3 is 5.32 Å². The first-order valence-electron chi connectivity index (χ1n) is 5.80. The molecule has 2 saturated carbocycles. The Balaban J connectivity index is 0.00000108. The lowest BCUT2D eigenvalue weighted by molar-refractivity contribution is 0.519. The molecule has 0 bridgehead atoms. The Morgan fingerprint density at radius 1 is 1.29 bits per heavy atom. The average molecular weight is 293 g/mol. The molecule has 0 amide bonds. The molecule has 1 N–H and O–H groups in total. The second kappa shape index (κ2) is 4.62. The molecule has 2 aliphatic carbocycles. The van der Waals surface area contributed by atoms with Crippen LogP contribution in [0.1, 0.15) is 24.8 Å². The maximum absolute atomic E-state index is 6.10. The SMILES string of the molecule is CNC1CCC2(c3ccc(Cl)c(Cl)c3)CC12.Cl. The van der Waals surface area contributed by atoms with Crippen LogP contribution in [0.15, 0.2) is 18.2 Å². The van der Waals surface area contributed by atoms with Crippen LogP contribution in [0, 0.1) is 5.92 Å². The molecule has 3 atom stereocenters. The lowest BCUT2D eigenvalue weighted by Crippen LogP contribution is -2.24. The van der Waals surface area contributed by atoms with Crippen LogP contribution >= 0.6 is 35.6 Å². The summed E-state index contributed by atoms with van der Waals surface area (Å²) < 4.78 is 0. The van der Waals surface area contributed by atoms with Gasteiger partial charge in [0.25, 0.3) is 0 Å². The number of rotatable bonds is 2. The Morgan fingerprint density at radius 2 is 2.06 bits per heavy atom. The number of halogens is 3. The Labute approximate surface area is 118 Å². The summed E-state index contributed by atoms with van der Waals surface area (Å²) in [5, 5.41) is 4.76. The minimum absolute atomic E-state index is 0. The van der Waals surface area contributed by atoms with Crippen molar-refractivity contribution in [3.63, 3.8) is 0 Å². The van der Waals surface area contributed by atoms with Gasteiger partial charge in [-0.2, -0.15) is 0 Å². The summed E-state index contributed by atoms with van der Waals surface area (Å²) in [5.41, 5.74) is 1.78. The van der Waals surface area contributed by atoms with E-state index in [-0.39, 0.29) is 12.4 Å². The van der Waals surface area contributed by atoms with Crippen molar-refractivity contribution in [2.75, 3.05) is 7.05 Å². The van der Waals surface area contributed by atoms with Crippen LogP contribution in [-0.2, 0) is 5.41 Å². The van der Waals surface area contributed by atoms with Gasteiger partial charge in [-0.1, -0.05) is 29.3 Å². The van der Waals surface area contributed by atoms with Crippen LogP contribution < -0.4 is 5.32 Å². The van der Waals surface area contributed by atoms with E-state index in [0.29, 0.717) is 21.5 Å². The van der Waals surface area contributed by atoms with Crippen LogP contribution in [0.5, 0.6) is 0 Å². The molecule has 94 valence electrons. The second-order valence-electron chi connectivity index (χ2n) is 5.03. The largest absolute Gasteiger partial charge is 0.317 e. The molecule has 0 aromatic heterocycles. The van der Waals surface area contributed by atoms with Gasteiger partial charge in [0, 0.05) is 11.5 Å². The fourth-order valence-corrected chi connectivity index (χ4v) is 3.69. The van der Waals surface area contributed by atoms with Crippen LogP contribution in [-0.4, -0.2) is 13.1 Å². The molecule has 2 fully saturated rings. The van der Waals surface area contributed by atoms with E-state index in [1.807, 2.05) is 6.07 Å². The van der Waals surface area contributed by atoms with Gasteiger partial charge in [-0.15, -0.1) is 12.4 Å². The Hall–Kier alpha value is 0.0500. The van der Waals surface area contributed by atoms with E-state index in [9.17, 15) is 0 Å². The molecule has 0 radical (unpaired) electrons. The van der Waals surface area contributed by atoms with E-state index in [0.717, 1.165) is 5.92 Å². The normalized spacial score (nSPS) is 34.1. The van der Waals surface area contributed by atoms with Crippen molar-refractivity contribution in [3.05, 3.63) is 33.8 Å². The van der Waals surface area contributed by atoms with Crippen molar-refractivity contribution in [2.24, 2.45) is 5.92 Å². The van der Waals surface area contributed by atoms with Gasteiger partial charge in [-0.05, 0) is 49.9 Å².